The number of benzene rings is 1. The summed E-state index contributed by atoms with van der Waals surface area (Å²) in [5.74, 6) is -1.01. The molecule has 1 atom stereocenters. The molecule has 0 saturated carbocycles. The van der Waals surface area contributed by atoms with E-state index in [0.717, 1.165) is 16.5 Å². The molecule has 1 aromatic heterocycles. The van der Waals surface area contributed by atoms with Crippen LogP contribution in [0.1, 0.15) is 5.56 Å². The molecular formula is C11H11N3O2. The van der Waals surface area contributed by atoms with Crippen LogP contribution in [0.15, 0.2) is 30.7 Å². The number of hydrogen-bond acceptors (Lipinski definition) is 4. The molecule has 0 saturated heterocycles. The third kappa shape index (κ3) is 1.99. The van der Waals surface area contributed by atoms with E-state index in [4.69, 9.17) is 10.8 Å². The van der Waals surface area contributed by atoms with Gasteiger partial charge in [0.1, 0.15) is 12.4 Å². The maximum absolute atomic E-state index is 10.7. The van der Waals surface area contributed by atoms with Crippen LogP contribution in [0.4, 0.5) is 0 Å². The minimum absolute atomic E-state index is 0.268. The van der Waals surface area contributed by atoms with Crippen LogP contribution in [0, 0.1) is 0 Å². The van der Waals surface area contributed by atoms with Crippen LogP contribution in [0.3, 0.4) is 0 Å². The molecule has 5 nitrogen and oxygen atoms in total. The molecule has 0 amide bonds. The summed E-state index contributed by atoms with van der Waals surface area (Å²) < 4.78 is 0. The fourth-order valence-corrected chi connectivity index (χ4v) is 1.57. The maximum atomic E-state index is 10.7. The van der Waals surface area contributed by atoms with Gasteiger partial charge in [-0.2, -0.15) is 0 Å². The van der Waals surface area contributed by atoms with Crippen molar-refractivity contribution in [2.75, 3.05) is 0 Å². The van der Waals surface area contributed by atoms with Gasteiger partial charge >= 0.3 is 5.97 Å². The van der Waals surface area contributed by atoms with Crippen molar-refractivity contribution in [1.29, 1.82) is 0 Å². The topological polar surface area (TPSA) is 89.1 Å². The number of carboxylic acid groups (broad SMARTS) is 1. The number of rotatable bonds is 3. The van der Waals surface area contributed by atoms with Crippen LogP contribution in [0.25, 0.3) is 10.9 Å². The van der Waals surface area contributed by atoms with Crippen molar-refractivity contribution < 1.29 is 9.90 Å². The Labute approximate surface area is 91.9 Å². The Balaban J connectivity index is 2.41. The molecule has 16 heavy (non-hydrogen) atoms. The molecule has 82 valence electrons. The van der Waals surface area contributed by atoms with E-state index in [2.05, 4.69) is 9.97 Å². The van der Waals surface area contributed by atoms with Crippen molar-refractivity contribution in [3.05, 3.63) is 36.3 Å². The predicted molar refractivity (Wildman–Crippen MR) is 58.9 cm³/mol. The zero-order valence-corrected chi connectivity index (χ0v) is 8.50. The van der Waals surface area contributed by atoms with Gasteiger partial charge in [0.25, 0.3) is 0 Å². The van der Waals surface area contributed by atoms with E-state index in [1.807, 2.05) is 18.2 Å². The van der Waals surface area contributed by atoms with E-state index in [1.54, 1.807) is 6.20 Å². The second-order valence-corrected chi connectivity index (χ2v) is 3.53. The quantitative estimate of drug-likeness (QED) is 0.785. The second kappa shape index (κ2) is 4.24. The Hall–Kier alpha value is -2.01. The molecule has 0 radical (unpaired) electrons. The van der Waals surface area contributed by atoms with Crippen molar-refractivity contribution in [3.63, 3.8) is 0 Å². The minimum atomic E-state index is -1.01. The zero-order chi connectivity index (χ0) is 11.5. The van der Waals surface area contributed by atoms with E-state index < -0.39 is 12.0 Å². The van der Waals surface area contributed by atoms with Crippen molar-refractivity contribution in [2.24, 2.45) is 5.73 Å². The number of carbonyl (C=O) groups is 1. The molecule has 1 heterocycles. The van der Waals surface area contributed by atoms with Gasteiger partial charge in [0.05, 0.1) is 5.52 Å². The largest absolute Gasteiger partial charge is 0.480 e. The summed E-state index contributed by atoms with van der Waals surface area (Å²) in [6.45, 7) is 0. The fourth-order valence-electron chi connectivity index (χ4n) is 1.57. The van der Waals surface area contributed by atoms with Crippen molar-refractivity contribution in [1.82, 2.24) is 9.97 Å². The van der Waals surface area contributed by atoms with Crippen molar-refractivity contribution >= 4 is 16.9 Å². The minimum Gasteiger partial charge on any atom is -0.480 e. The number of nitrogens with zero attached hydrogens (tertiary/aromatic N) is 2. The van der Waals surface area contributed by atoms with Gasteiger partial charge in [-0.25, -0.2) is 9.97 Å². The maximum Gasteiger partial charge on any atom is 0.320 e. The van der Waals surface area contributed by atoms with Crippen LogP contribution in [0.5, 0.6) is 0 Å². The van der Waals surface area contributed by atoms with Gasteiger partial charge in [0.15, 0.2) is 0 Å². The molecule has 0 bridgehead atoms. The Morgan fingerprint density at radius 1 is 1.50 bits per heavy atom. The van der Waals surface area contributed by atoms with E-state index in [0.29, 0.717) is 0 Å². The van der Waals surface area contributed by atoms with Crippen LogP contribution >= 0.6 is 0 Å². The Morgan fingerprint density at radius 2 is 2.31 bits per heavy atom. The lowest BCUT2D eigenvalue weighted by atomic mass is 10.0. The first kappa shape index (κ1) is 10.5. The molecule has 2 aromatic rings. The SMILES string of the molecule is N[C@@H](Cc1cccc2cncnc12)C(=O)O. The number of nitrogens with two attached hydrogens (primary N) is 1. The molecule has 1 aromatic carbocycles. The molecule has 3 N–H and O–H groups in total. The molecular weight excluding hydrogens is 206 g/mol. The number of hydrogen-bond donors (Lipinski definition) is 2. The molecule has 0 aliphatic carbocycles. The Kier molecular flexibility index (Phi) is 2.78. The summed E-state index contributed by atoms with van der Waals surface area (Å²) in [4.78, 5) is 18.7. The molecule has 2 rings (SSSR count). The summed E-state index contributed by atoms with van der Waals surface area (Å²) >= 11 is 0. The highest BCUT2D eigenvalue weighted by Crippen LogP contribution is 2.16. The molecule has 0 aliphatic rings. The van der Waals surface area contributed by atoms with Crippen LogP contribution in [-0.4, -0.2) is 27.1 Å². The van der Waals surface area contributed by atoms with Crippen molar-refractivity contribution in [3.8, 4) is 0 Å². The highest BCUT2D eigenvalue weighted by Gasteiger charge is 2.14. The monoisotopic (exact) mass is 217 g/mol. The normalized spacial score (nSPS) is 12.6. The van der Waals surface area contributed by atoms with Crippen molar-refractivity contribution in [2.45, 2.75) is 12.5 Å². The molecule has 0 spiro atoms. The van der Waals surface area contributed by atoms with Gasteiger partial charge in [0.2, 0.25) is 0 Å². The number of aliphatic carboxylic acids is 1. The Bertz CT molecular complexity index is 522. The lowest BCUT2D eigenvalue weighted by Crippen LogP contribution is -2.32. The first-order valence-corrected chi connectivity index (χ1v) is 4.84. The smallest absolute Gasteiger partial charge is 0.320 e. The molecule has 0 unspecified atom stereocenters. The van der Waals surface area contributed by atoms with Crippen LogP contribution < -0.4 is 5.73 Å². The summed E-state index contributed by atoms with van der Waals surface area (Å²) in [5.41, 5.74) is 7.08. The third-order valence-corrected chi connectivity index (χ3v) is 2.37. The van der Waals surface area contributed by atoms with Gasteiger partial charge in [-0.1, -0.05) is 18.2 Å². The molecule has 0 aliphatic heterocycles. The van der Waals surface area contributed by atoms with E-state index >= 15 is 0 Å². The highest BCUT2D eigenvalue weighted by atomic mass is 16.4. The summed E-state index contributed by atoms with van der Waals surface area (Å²) in [6.07, 6.45) is 3.40. The zero-order valence-electron chi connectivity index (χ0n) is 8.50. The van der Waals surface area contributed by atoms with Gasteiger partial charge in [-0.15, -0.1) is 0 Å². The van der Waals surface area contributed by atoms with E-state index in [-0.39, 0.29) is 6.42 Å². The summed E-state index contributed by atoms with van der Waals surface area (Å²) in [5, 5.41) is 9.64. The predicted octanol–water partition coefficient (Wildman–Crippen LogP) is 0.584. The van der Waals surface area contributed by atoms with Gasteiger partial charge in [-0.3, -0.25) is 4.79 Å². The summed E-state index contributed by atoms with van der Waals surface area (Å²) in [6, 6.07) is 4.65. The number of fused-ring (bicyclic) bond motifs is 1. The number of para-hydroxylation sites is 1. The third-order valence-electron chi connectivity index (χ3n) is 2.37. The van der Waals surface area contributed by atoms with E-state index in [9.17, 15) is 4.79 Å². The molecule has 5 heteroatoms. The highest BCUT2D eigenvalue weighted by molar-refractivity contribution is 5.82. The van der Waals surface area contributed by atoms with Gasteiger partial charge in [0, 0.05) is 18.0 Å². The first-order valence-electron chi connectivity index (χ1n) is 4.84. The van der Waals surface area contributed by atoms with Gasteiger partial charge in [-0.05, 0) is 5.56 Å². The van der Waals surface area contributed by atoms with Crippen LogP contribution in [0.2, 0.25) is 0 Å². The lowest BCUT2D eigenvalue weighted by Gasteiger charge is -2.08. The van der Waals surface area contributed by atoms with Crippen LogP contribution in [-0.2, 0) is 11.2 Å². The van der Waals surface area contributed by atoms with E-state index in [1.165, 1.54) is 6.33 Å². The average molecular weight is 217 g/mol. The number of carboxylic acids is 1. The number of aromatic nitrogens is 2. The fraction of sp³-hybridized carbons (Fsp3) is 0.182. The Morgan fingerprint density at radius 3 is 3.06 bits per heavy atom. The second-order valence-electron chi connectivity index (χ2n) is 3.53. The average Bonchev–Trinajstić information content (AvgIpc) is 2.29. The van der Waals surface area contributed by atoms with Gasteiger partial charge < -0.3 is 10.8 Å². The lowest BCUT2D eigenvalue weighted by molar-refractivity contribution is -0.138. The summed E-state index contributed by atoms with van der Waals surface area (Å²) in [7, 11) is 0. The first-order chi connectivity index (χ1) is 7.68. The molecule has 0 fully saturated rings. The standard InChI is InChI=1S/C11H11N3O2/c12-9(11(15)16)4-7-2-1-3-8-5-13-6-14-10(7)8/h1-3,5-6,9H,4,12H2,(H,15,16)/t9-/m0/s1.